The molecule has 0 heterocycles. The maximum absolute atomic E-state index is 3.44. The van der Waals surface area contributed by atoms with Gasteiger partial charge in [0, 0.05) is 24.3 Å². The first-order valence-electron chi connectivity index (χ1n) is 5.62. The van der Waals surface area contributed by atoms with E-state index in [2.05, 4.69) is 62.3 Å². The average Bonchev–Trinajstić information content (AvgIpc) is 2.26. The van der Waals surface area contributed by atoms with Crippen molar-refractivity contribution < 1.29 is 0 Å². The van der Waals surface area contributed by atoms with Gasteiger partial charge in [0.2, 0.25) is 0 Å². The van der Waals surface area contributed by atoms with Gasteiger partial charge in [-0.25, -0.2) is 0 Å². The Morgan fingerprint density at radius 1 is 1.13 bits per heavy atom. The maximum atomic E-state index is 3.44. The van der Waals surface area contributed by atoms with E-state index in [1.807, 2.05) is 6.07 Å². The van der Waals surface area contributed by atoms with Gasteiger partial charge < -0.3 is 5.32 Å². The molecular weight excluding hydrogens is 184 g/mol. The number of nitrogens with zero attached hydrogens (tertiary/aromatic N) is 1. The van der Waals surface area contributed by atoms with Gasteiger partial charge in [0.1, 0.15) is 0 Å². The van der Waals surface area contributed by atoms with Gasteiger partial charge in [0.15, 0.2) is 0 Å². The largest absolute Gasteiger partial charge is 0.383 e. The molecule has 0 aliphatic carbocycles. The Hall–Kier alpha value is -1.02. The first-order valence-corrected chi connectivity index (χ1v) is 5.62. The molecule has 0 aliphatic rings. The minimum absolute atomic E-state index is 0.546. The van der Waals surface area contributed by atoms with Crippen molar-refractivity contribution in [3.05, 3.63) is 30.3 Å². The lowest BCUT2D eigenvalue weighted by Crippen LogP contribution is -2.39. The molecule has 84 valence electrons. The number of benzene rings is 1. The molecule has 0 aliphatic heterocycles. The van der Waals surface area contributed by atoms with Gasteiger partial charge in [0.05, 0.1) is 0 Å². The molecule has 0 aromatic heterocycles. The molecule has 1 N–H and O–H groups in total. The molecule has 1 atom stereocenters. The van der Waals surface area contributed by atoms with Crippen molar-refractivity contribution >= 4 is 5.69 Å². The van der Waals surface area contributed by atoms with Crippen molar-refractivity contribution in [2.45, 2.75) is 32.9 Å². The highest BCUT2D eigenvalue weighted by atomic mass is 15.2. The van der Waals surface area contributed by atoms with Gasteiger partial charge in [-0.15, -0.1) is 0 Å². The van der Waals surface area contributed by atoms with Crippen LogP contribution in [0.4, 0.5) is 5.69 Å². The molecule has 0 bridgehead atoms. The predicted molar refractivity (Wildman–Crippen MR) is 67.3 cm³/mol. The molecule has 0 spiro atoms. The Bertz CT molecular complexity index is 269. The second kappa shape index (κ2) is 5.76. The number of para-hydroxylation sites is 1. The van der Waals surface area contributed by atoms with Crippen molar-refractivity contribution in [1.29, 1.82) is 0 Å². The van der Waals surface area contributed by atoms with Crippen LogP contribution in [-0.2, 0) is 0 Å². The summed E-state index contributed by atoms with van der Waals surface area (Å²) in [4.78, 5) is 2.37. The second-order valence-electron chi connectivity index (χ2n) is 4.36. The standard InChI is InChI=1S/C13H22N2/c1-11(2)15(4)12(3)10-14-13-8-6-5-7-9-13/h5-9,11-12,14H,10H2,1-4H3. The van der Waals surface area contributed by atoms with Crippen LogP contribution in [0.3, 0.4) is 0 Å². The van der Waals surface area contributed by atoms with E-state index in [-0.39, 0.29) is 0 Å². The van der Waals surface area contributed by atoms with Crippen LogP contribution in [0.15, 0.2) is 30.3 Å². The van der Waals surface area contributed by atoms with E-state index in [9.17, 15) is 0 Å². The summed E-state index contributed by atoms with van der Waals surface area (Å²) in [6.45, 7) is 7.67. The third kappa shape index (κ3) is 3.92. The van der Waals surface area contributed by atoms with Crippen LogP contribution < -0.4 is 5.32 Å². The van der Waals surface area contributed by atoms with Crippen molar-refractivity contribution in [1.82, 2.24) is 4.90 Å². The van der Waals surface area contributed by atoms with Gasteiger partial charge in [-0.05, 0) is 40.0 Å². The molecule has 0 amide bonds. The quantitative estimate of drug-likeness (QED) is 0.797. The van der Waals surface area contributed by atoms with Gasteiger partial charge in [-0.2, -0.15) is 0 Å². The van der Waals surface area contributed by atoms with E-state index in [1.165, 1.54) is 5.69 Å². The Morgan fingerprint density at radius 2 is 1.73 bits per heavy atom. The van der Waals surface area contributed by atoms with Crippen molar-refractivity contribution in [3.63, 3.8) is 0 Å². The summed E-state index contributed by atoms with van der Waals surface area (Å²) in [7, 11) is 2.17. The van der Waals surface area contributed by atoms with Crippen LogP contribution in [-0.4, -0.2) is 30.6 Å². The van der Waals surface area contributed by atoms with E-state index in [4.69, 9.17) is 0 Å². The Morgan fingerprint density at radius 3 is 2.27 bits per heavy atom. The molecule has 2 heteroatoms. The van der Waals surface area contributed by atoms with E-state index in [1.54, 1.807) is 0 Å². The summed E-state index contributed by atoms with van der Waals surface area (Å²) in [5.41, 5.74) is 1.20. The Labute approximate surface area is 93.3 Å². The SMILES string of the molecule is CC(C)N(C)C(C)CNc1ccccc1. The maximum Gasteiger partial charge on any atom is 0.0340 e. The third-order valence-corrected chi connectivity index (χ3v) is 2.89. The zero-order valence-electron chi connectivity index (χ0n) is 10.2. The third-order valence-electron chi connectivity index (χ3n) is 2.89. The summed E-state index contributed by atoms with van der Waals surface area (Å²) in [5.74, 6) is 0. The fourth-order valence-corrected chi connectivity index (χ4v) is 1.47. The van der Waals surface area contributed by atoms with Gasteiger partial charge in [0.25, 0.3) is 0 Å². The zero-order chi connectivity index (χ0) is 11.3. The second-order valence-corrected chi connectivity index (χ2v) is 4.36. The fraction of sp³-hybridized carbons (Fsp3) is 0.538. The highest BCUT2D eigenvalue weighted by molar-refractivity contribution is 5.42. The summed E-state index contributed by atoms with van der Waals surface area (Å²) in [5, 5.41) is 3.44. The number of hydrogen-bond acceptors (Lipinski definition) is 2. The van der Waals surface area contributed by atoms with Crippen molar-refractivity contribution in [2.75, 3.05) is 18.9 Å². The van der Waals surface area contributed by atoms with Gasteiger partial charge in [-0.3, -0.25) is 4.90 Å². The molecule has 1 rings (SSSR count). The molecule has 1 aromatic rings. The first-order chi connectivity index (χ1) is 7.11. The molecule has 0 fully saturated rings. The highest BCUT2D eigenvalue weighted by Gasteiger charge is 2.11. The van der Waals surface area contributed by atoms with Gasteiger partial charge in [-0.1, -0.05) is 18.2 Å². The van der Waals surface area contributed by atoms with Crippen LogP contribution in [0.5, 0.6) is 0 Å². The van der Waals surface area contributed by atoms with Crippen molar-refractivity contribution in [3.8, 4) is 0 Å². The molecule has 0 saturated heterocycles. The van der Waals surface area contributed by atoms with E-state index in [0.717, 1.165) is 6.54 Å². The van der Waals surface area contributed by atoms with E-state index in [0.29, 0.717) is 12.1 Å². The lowest BCUT2D eigenvalue weighted by molar-refractivity contribution is 0.216. The minimum atomic E-state index is 0.546. The Balaban J connectivity index is 2.37. The monoisotopic (exact) mass is 206 g/mol. The number of likely N-dealkylation sites (N-methyl/N-ethyl adjacent to an activating group) is 1. The number of rotatable bonds is 5. The lowest BCUT2D eigenvalue weighted by atomic mass is 10.2. The Kier molecular flexibility index (Phi) is 4.63. The van der Waals surface area contributed by atoms with Crippen molar-refractivity contribution in [2.24, 2.45) is 0 Å². The molecule has 2 nitrogen and oxygen atoms in total. The summed E-state index contributed by atoms with van der Waals surface area (Å²) in [6, 6.07) is 11.5. The van der Waals surface area contributed by atoms with Crippen LogP contribution in [0.25, 0.3) is 0 Å². The van der Waals surface area contributed by atoms with E-state index >= 15 is 0 Å². The van der Waals surface area contributed by atoms with Crippen LogP contribution in [0.1, 0.15) is 20.8 Å². The molecule has 0 radical (unpaired) electrons. The molecule has 0 saturated carbocycles. The predicted octanol–water partition coefficient (Wildman–Crippen LogP) is 2.83. The summed E-state index contributed by atoms with van der Waals surface area (Å²) in [6.07, 6.45) is 0. The average molecular weight is 206 g/mol. The topological polar surface area (TPSA) is 15.3 Å². The van der Waals surface area contributed by atoms with Crippen LogP contribution in [0, 0.1) is 0 Å². The molecule has 1 aromatic carbocycles. The van der Waals surface area contributed by atoms with Gasteiger partial charge >= 0.3 is 0 Å². The molecule has 15 heavy (non-hydrogen) atoms. The van der Waals surface area contributed by atoms with E-state index < -0.39 is 0 Å². The summed E-state index contributed by atoms with van der Waals surface area (Å²) < 4.78 is 0. The molecule has 1 unspecified atom stereocenters. The number of nitrogens with one attached hydrogen (secondary N) is 1. The smallest absolute Gasteiger partial charge is 0.0340 e. The highest BCUT2D eigenvalue weighted by Crippen LogP contribution is 2.07. The van der Waals surface area contributed by atoms with Crippen LogP contribution in [0.2, 0.25) is 0 Å². The molecular formula is C13H22N2. The number of hydrogen-bond donors (Lipinski definition) is 1. The number of anilines is 1. The minimum Gasteiger partial charge on any atom is -0.383 e. The lowest BCUT2D eigenvalue weighted by Gasteiger charge is -2.28. The fourth-order valence-electron chi connectivity index (χ4n) is 1.47. The first kappa shape index (κ1) is 12.1. The van der Waals surface area contributed by atoms with Crippen LogP contribution >= 0.6 is 0 Å². The zero-order valence-corrected chi connectivity index (χ0v) is 10.2. The normalized spacial score (nSPS) is 13.2. The summed E-state index contributed by atoms with van der Waals surface area (Å²) >= 11 is 0.